The van der Waals surface area contributed by atoms with E-state index in [1.54, 1.807) is 29.5 Å². The van der Waals surface area contributed by atoms with Crippen molar-refractivity contribution >= 4 is 33.1 Å². The molecule has 0 saturated heterocycles. The maximum Gasteiger partial charge on any atom is 0.255 e. The molecule has 0 aliphatic heterocycles. The van der Waals surface area contributed by atoms with E-state index in [1.807, 2.05) is 79.0 Å². The highest BCUT2D eigenvalue weighted by Gasteiger charge is 2.09. The second kappa shape index (κ2) is 8.65. The second-order valence-corrected chi connectivity index (χ2v) is 9.27. The molecule has 4 aromatic rings. The standard InChI is InChI=1S/C24H20N2O2S2/c1-18-7-9-19(10-8-18)15-16-30(27,28)26-22-13-11-20(12-14-22)23-17-29-24(25-23)21-5-3-2-4-6-21/h2-17,26H,1H3/b16-15+. The minimum absolute atomic E-state index is 0.505. The van der Waals surface area contributed by atoms with E-state index in [1.165, 1.54) is 5.41 Å². The van der Waals surface area contributed by atoms with Gasteiger partial charge in [-0.1, -0.05) is 72.3 Å². The summed E-state index contributed by atoms with van der Waals surface area (Å²) in [7, 11) is -3.60. The van der Waals surface area contributed by atoms with Gasteiger partial charge in [0.25, 0.3) is 10.0 Å². The maximum absolute atomic E-state index is 12.3. The molecule has 150 valence electrons. The molecule has 0 aliphatic rings. The number of anilines is 1. The molecule has 0 radical (unpaired) electrons. The zero-order valence-corrected chi connectivity index (χ0v) is 18.0. The molecule has 0 saturated carbocycles. The van der Waals surface area contributed by atoms with Crippen LogP contribution in [0.25, 0.3) is 27.9 Å². The number of hydrogen-bond acceptors (Lipinski definition) is 4. The molecule has 0 spiro atoms. The van der Waals surface area contributed by atoms with Crippen molar-refractivity contribution in [2.45, 2.75) is 6.92 Å². The summed E-state index contributed by atoms with van der Waals surface area (Å²) in [5, 5.41) is 4.14. The van der Waals surface area contributed by atoms with Crippen molar-refractivity contribution in [3.05, 3.63) is 101 Å². The third-order valence-corrected chi connectivity index (χ3v) is 6.39. The molecular formula is C24H20N2O2S2. The summed E-state index contributed by atoms with van der Waals surface area (Å²) in [4.78, 5) is 4.69. The topological polar surface area (TPSA) is 59.1 Å². The Bertz CT molecular complexity index is 1260. The van der Waals surface area contributed by atoms with Crippen LogP contribution in [0.15, 0.2) is 89.7 Å². The highest BCUT2D eigenvalue weighted by Crippen LogP contribution is 2.29. The van der Waals surface area contributed by atoms with Crippen LogP contribution in [0.3, 0.4) is 0 Å². The summed E-state index contributed by atoms with van der Waals surface area (Å²) in [6.07, 6.45) is 1.58. The SMILES string of the molecule is Cc1ccc(/C=C/S(=O)(=O)Nc2ccc(-c3csc(-c4ccccc4)n3)cc2)cc1. The van der Waals surface area contributed by atoms with Crippen LogP contribution >= 0.6 is 11.3 Å². The number of nitrogens with one attached hydrogen (secondary N) is 1. The number of aryl methyl sites for hydroxylation is 1. The van der Waals surface area contributed by atoms with Gasteiger partial charge in [-0.05, 0) is 30.7 Å². The molecular weight excluding hydrogens is 412 g/mol. The van der Waals surface area contributed by atoms with E-state index in [-0.39, 0.29) is 0 Å². The summed E-state index contributed by atoms with van der Waals surface area (Å²) >= 11 is 1.59. The minimum Gasteiger partial charge on any atom is -0.280 e. The zero-order chi connectivity index (χ0) is 21.0. The molecule has 0 fully saturated rings. The number of hydrogen-bond donors (Lipinski definition) is 1. The van der Waals surface area contributed by atoms with Gasteiger partial charge in [-0.15, -0.1) is 11.3 Å². The van der Waals surface area contributed by atoms with Gasteiger partial charge in [0.05, 0.1) is 11.1 Å². The van der Waals surface area contributed by atoms with Crippen LogP contribution in [0, 0.1) is 6.92 Å². The fourth-order valence-electron chi connectivity index (χ4n) is 2.87. The number of rotatable bonds is 6. The first-order valence-corrected chi connectivity index (χ1v) is 11.8. The molecule has 4 rings (SSSR count). The lowest BCUT2D eigenvalue weighted by Gasteiger charge is -2.05. The second-order valence-electron chi connectivity index (χ2n) is 6.84. The summed E-state index contributed by atoms with van der Waals surface area (Å²) in [6.45, 7) is 1.99. The fraction of sp³-hybridized carbons (Fsp3) is 0.0417. The Morgan fingerprint density at radius 2 is 1.57 bits per heavy atom. The highest BCUT2D eigenvalue weighted by atomic mass is 32.2. The van der Waals surface area contributed by atoms with Crippen molar-refractivity contribution in [3.63, 3.8) is 0 Å². The van der Waals surface area contributed by atoms with Gasteiger partial charge in [0.15, 0.2) is 0 Å². The maximum atomic E-state index is 12.3. The van der Waals surface area contributed by atoms with Gasteiger partial charge in [0.1, 0.15) is 5.01 Å². The molecule has 1 aromatic heterocycles. The van der Waals surface area contributed by atoms with Gasteiger partial charge < -0.3 is 0 Å². The Morgan fingerprint density at radius 3 is 2.27 bits per heavy atom. The van der Waals surface area contributed by atoms with E-state index >= 15 is 0 Å². The van der Waals surface area contributed by atoms with Crippen LogP contribution in [-0.4, -0.2) is 13.4 Å². The van der Waals surface area contributed by atoms with Gasteiger partial charge in [0, 0.05) is 22.2 Å². The largest absolute Gasteiger partial charge is 0.280 e. The first-order valence-electron chi connectivity index (χ1n) is 9.37. The minimum atomic E-state index is -3.60. The van der Waals surface area contributed by atoms with Crippen LogP contribution in [-0.2, 0) is 10.0 Å². The van der Waals surface area contributed by atoms with Crippen LogP contribution in [0.5, 0.6) is 0 Å². The van der Waals surface area contributed by atoms with Gasteiger partial charge in [0.2, 0.25) is 0 Å². The first-order chi connectivity index (χ1) is 14.5. The summed E-state index contributed by atoms with van der Waals surface area (Å²) < 4.78 is 27.3. The molecule has 3 aromatic carbocycles. The molecule has 1 N–H and O–H groups in total. The third-order valence-electron chi connectivity index (χ3n) is 4.48. The zero-order valence-electron chi connectivity index (χ0n) is 16.3. The quantitative estimate of drug-likeness (QED) is 0.395. The van der Waals surface area contributed by atoms with Crippen LogP contribution in [0.4, 0.5) is 5.69 Å². The van der Waals surface area contributed by atoms with E-state index in [4.69, 9.17) is 4.98 Å². The lowest BCUT2D eigenvalue weighted by molar-refractivity contribution is 0.609. The molecule has 0 amide bonds. The molecule has 30 heavy (non-hydrogen) atoms. The van der Waals surface area contributed by atoms with Crippen LogP contribution in [0.1, 0.15) is 11.1 Å². The van der Waals surface area contributed by atoms with E-state index in [2.05, 4.69) is 4.72 Å². The van der Waals surface area contributed by atoms with E-state index in [0.29, 0.717) is 5.69 Å². The van der Waals surface area contributed by atoms with E-state index < -0.39 is 10.0 Å². The number of sulfonamides is 1. The Labute approximate surface area is 180 Å². The summed E-state index contributed by atoms with van der Waals surface area (Å²) in [5.41, 5.74) is 5.35. The summed E-state index contributed by atoms with van der Waals surface area (Å²) in [5.74, 6) is 0. The molecule has 0 atom stereocenters. The Balaban J connectivity index is 1.46. The Hall–Kier alpha value is -3.22. The molecule has 0 unspecified atom stereocenters. The molecule has 6 heteroatoms. The first kappa shape index (κ1) is 20.1. The summed E-state index contributed by atoms with van der Waals surface area (Å²) in [6, 6.07) is 24.9. The van der Waals surface area contributed by atoms with Crippen molar-refractivity contribution in [2.75, 3.05) is 4.72 Å². The third kappa shape index (κ3) is 5.03. The lowest BCUT2D eigenvalue weighted by atomic mass is 10.1. The van der Waals surface area contributed by atoms with Gasteiger partial charge >= 0.3 is 0 Å². The van der Waals surface area contributed by atoms with Gasteiger partial charge in [-0.25, -0.2) is 13.4 Å². The predicted molar refractivity (Wildman–Crippen MR) is 126 cm³/mol. The van der Waals surface area contributed by atoms with Gasteiger partial charge in [-0.2, -0.15) is 0 Å². The van der Waals surface area contributed by atoms with Crippen molar-refractivity contribution < 1.29 is 8.42 Å². The average Bonchev–Trinajstić information content (AvgIpc) is 3.25. The molecule has 1 heterocycles. The fourth-order valence-corrected chi connectivity index (χ4v) is 4.58. The van der Waals surface area contributed by atoms with Crippen molar-refractivity contribution in [1.29, 1.82) is 0 Å². The number of thiazole rings is 1. The number of nitrogens with zero attached hydrogens (tertiary/aromatic N) is 1. The van der Waals surface area contributed by atoms with Crippen LogP contribution in [0.2, 0.25) is 0 Å². The van der Waals surface area contributed by atoms with Crippen molar-refractivity contribution in [1.82, 2.24) is 4.98 Å². The Morgan fingerprint density at radius 1 is 0.867 bits per heavy atom. The van der Waals surface area contributed by atoms with Crippen molar-refractivity contribution in [2.24, 2.45) is 0 Å². The smallest absolute Gasteiger partial charge is 0.255 e. The van der Waals surface area contributed by atoms with Gasteiger partial charge in [-0.3, -0.25) is 4.72 Å². The molecule has 4 nitrogen and oxygen atoms in total. The lowest BCUT2D eigenvalue weighted by Crippen LogP contribution is -2.08. The van der Waals surface area contributed by atoms with E-state index in [9.17, 15) is 8.42 Å². The van der Waals surface area contributed by atoms with E-state index in [0.717, 1.165) is 33.0 Å². The van der Waals surface area contributed by atoms with Crippen LogP contribution < -0.4 is 4.72 Å². The number of aromatic nitrogens is 1. The monoisotopic (exact) mass is 432 g/mol. The molecule has 0 bridgehead atoms. The average molecular weight is 433 g/mol. The van der Waals surface area contributed by atoms with Crippen molar-refractivity contribution in [3.8, 4) is 21.8 Å². The predicted octanol–water partition coefficient (Wildman–Crippen LogP) is 6.20. The highest BCUT2D eigenvalue weighted by molar-refractivity contribution is 7.95. The Kier molecular flexibility index (Phi) is 5.79. The number of benzene rings is 3. The normalized spacial score (nSPS) is 11.6. The molecule has 0 aliphatic carbocycles.